The second-order valence-corrected chi connectivity index (χ2v) is 5.70. The molecule has 1 aromatic carbocycles. The maximum Gasteiger partial charge on any atom is 0.224 e. The Morgan fingerprint density at radius 2 is 2.16 bits per heavy atom. The first-order chi connectivity index (χ1) is 9.15. The number of benzene rings is 1. The van der Waals surface area contributed by atoms with Crippen LogP contribution in [-0.4, -0.2) is 19.0 Å². The van der Waals surface area contributed by atoms with E-state index in [1.54, 1.807) is 0 Å². The van der Waals surface area contributed by atoms with Crippen molar-refractivity contribution >= 4 is 11.6 Å². The lowest BCUT2D eigenvalue weighted by molar-refractivity contribution is -0.117. The van der Waals surface area contributed by atoms with Crippen molar-refractivity contribution < 1.29 is 4.79 Å². The van der Waals surface area contributed by atoms with Gasteiger partial charge in [0.05, 0.1) is 0 Å². The topological polar surface area (TPSA) is 41.1 Å². The number of carbonyl (C=O) groups excluding carboxylic acids is 1. The van der Waals surface area contributed by atoms with Gasteiger partial charge in [0.25, 0.3) is 0 Å². The molecule has 19 heavy (non-hydrogen) atoms. The molecule has 0 bridgehead atoms. The van der Waals surface area contributed by atoms with E-state index in [9.17, 15) is 4.79 Å². The number of carbonyl (C=O) groups is 1. The first-order valence-corrected chi connectivity index (χ1v) is 7.22. The van der Waals surface area contributed by atoms with Crippen LogP contribution in [0.1, 0.15) is 31.7 Å². The number of nitrogens with one attached hydrogen (secondary N) is 2. The Balaban J connectivity index is 1.81. The van der Waals surface area contributed by atoms with Gasteiger partial charge in [-0.05, 0) is 56.8 Å². The van der Waals surface area contributed by atoms with Crippen LogP contribution < -0.4 is 10.6 Å². The van der Waals surface area contributed by atoms with Gasteiger partial charge in [-0.2, -0.15) is 0 Å². The number of amides is 1. The minimum absolute atomic E-state index is 0.127. The number of hydrogen-bond donors (Lipinski definition) is 2. The Hall–Kier alpha value is -1.35. The van der Waals surface area contributed by atoms with Gasteiger partial charge in [0.2, 0.25) is 5.91 Å². The minimum atomic E-state index is 0.127. The summed E-state index contributed by atoms with van der Waals surface area (Å²) in [6, 6.07) is 7.95. The zero-order valence-corrected chi connectivity index (χ0v) is 11.9. The number of aryl methyl sites for hydroxylation is 1. The highest BCUT2D eigenvalue weighted by Crippen LogP contribution is 2.23. The Morgan fingerprint density at radius 1 is 1.42 bits per heavy atom. The Morgan fingerprint density at radius 3 is 2.79 bits per heavy atom. The first-order valence-electron chi connectivity index (χ1n) is 7.22. The fourth-order valence-corrected chi connectivity index (χ4v) is 2.67. The maximum absolute atomic E-state index is 12.0. The van der Waals surface area contributed by atoms with Crippen LogP contribution in [0.5, 0.6) is 0 Å². The van der Waals surface area contributed by atoms with E-state index in [-0.39, 0.29) is 5.91 Å². The standard InChI is InChI=1S/C16H24N2O/c1-12-5-7-15(8-6-12)18-16(19)10-13(2)14-4-3-9-17-11-14/h5-8,13-14,17H,3-4,9-11H2,1-2H3,(H,18,19). The van der Waals surface area contributed by atoms with Crippen LogP contribution >= 0.6 is 0 Å². The van der Waals surface area contributed by atoms with Crippen molar-refractivity contribution in [3.8, 4) is 0 Å². The molecule has 2 rings (SSSR count). The molecule has 2 unspecified atom stereocenters. The van der Waals surface area contributed by atoms with Crippen molar-refractivity contribution in [2.45, 2.75) is 33.1 Å². The largest absolute Gasteiger partial charge is 0.326 e. The van der Waals surface area contributed by atoms with Gasteiger partial charge >= 0.3 is 0 Å². The molecule has 0 aliphatic carbocycles. The van der Waals surface area contributed by atoms with E-state index in [4.69, 9.17) is 0 Å². The van der Waals surface area contributed by atoms with Crippen molar-refractivity contribution in [1.82, 2.24) is 5.32 Å². The Kier molecular flexibility index (Phi) is 4.97. The molecule has 1 aliphatic heterocycles. The summed E-state index contributed by atoms with van der Waals surface area (Å²) in [5.41, 5.74) is 2.10. The Bertz CT molecular complexity index is 407. The highest BCUT2D eigenvalue weighted by Gasteiger charge is 2.21. The van der Waals surface area contributed by atoms with Crippen molar-refractivity contribution in [2.75, 3.05) is 18.4 Å². The molecule has 1 aromatic rings. The van der Waals surface area contributed by atoms with E-state index in [2.05, 4.69) is 17.6 Å². The van der Waals surface area contributed by atoms with E-state index in [0.717, 1.165) is 18.8 Å². The monoisotopic (exact) mass is 260 g/mol. The van der Waals surface area contributed by atoms with Gasteiger partial charge in [0.1, 0.15) is 0 Å². The lowest BCUT2D eigenvalue weighted by Gasteiger charge is -2.28. The van der Waals surface area contributed by atoms with Crippen molar-refractivity contribution in [1.29, 1.82) is 0 Å². The van der Waals surface area contributed by atoms with Gasteiger partial charge in [-0.1, -0.05) is 24.6 Å². The summed E-state index contributed by atoms with van der Waals surface area (Å²) < 4.78 is 0. The third-order valence-electron chi connectivity index (χ3n) is 3.98. The molecule has 2 N–H and O–H groups in total. The fourth-order valence-electron chi connectivity index (χ4n) is 2.67. The van der Waals surface area contributed by atoms with Crippen molar-refractivity contribution in [3.05, 3.63) is 29.8 Å². The van der Waals surface area contributed by atoms with Crippen molar-refractivity contribution in [3.63, 3.8) is 0 Å². The van der Waals surface area contributed by atoms with Gasteiger partial charge in [-0.15, -0.1) is 0 Å². The molecule has 0 radical (unpaired) electrons. The molecular formula is C16H24N2O. The average Bonchev–Trinajstić information content (AvgIpc) is 2.42. The smallest absolute Gasteiger partial charge is 0.224 e. The van der Waals surface area contributed by atoms with Gasteiger partial charge in [-0.3, -0.25) is 4.79 Å². The quantitative estimate of drug-likeness (QED) is 0.874. The SMILES string of the molecule is Cc1ccc(NC(=O)CC(C)C2CCCNC2)cc1. The Labute approximate surface area is 115 Å². The second-order valence-electron chi connectivity index (χ2n) is 5.70. The van der Waals surface area contributed by atoms with Crippen LogP contribution in [0.2, 0.25) is 0 Å². The summed E-state index contributed by atoms with van der Waals surface area (Å²) in [6.07, 6.45) is 3.08. The molecule has 1 saturated heterocycles. The summed E-state index contributed by atoms with van der Waals surface area (Å²) in [4.78, 5) is 12.0. The molecule has 3 nitrogen and oxygen atoms in total. The molecule has 1 amide bonds. The lowest BCUT2D eigenvalue weighted by atomic mass is 9.85. The van der Waals surface area contributed by atoms with E-state index < -0.39 is 0 Å². The van der Waals surface area contributed by atoms with Gasteiger partial charge in [0.15, 0.2) is 0 Å². The van der Waals surface area contributed by atoms with Crippen molar-refractivity contribution in [2.24, 2.45) is 11.8 Å². The fraction of sp³-hybridized carbons (Fsp3) is 0.562. The summed E-state index contributed by atoms with van der Waals surface area (Å²) in [7, 11) is 0. The highest BCUT2D eigenvalue weighted by atomic mass is 16.1. The molecule has 0 aromatic heterocycles. The van der Waals surface area contributed by atoms with Crippen LogP contribution in [-0.2, 0) is 4.79 Å². The molecule has 1 fully saturated rings. The third-order valence-corrected chi connectivity index (χ3v) is 3.98. The maximum atomic E-state index is 12.0. The van der Waals surface area contributed by atoms with E-state index in [0.29, 0.717) is 18.3 Å². The van der Waals surface area contributed by atoms with Crippen LogP contribution in [0.25, 0.3) is 0 Å². The summed E-state index contributed by atoms with van der Waals surface area (Å²) >= 11 is 0. The predicted octanol–water partition coefficient (Wildman–Crippen LogP) is 2.96. The lowest BCUT2D eigenvalue weighted by Crippen LogP contribution is -2.34. The first kappa shape index (κ1) is 14.1. The second kappa shape index (κ2) is 6.71. The molecule has 3 heteroatoms. The molecule has 1 aliphatic rings. The van der Waals surface area contributed by atoms with E-state index in [1.807, 2.05) is 31.2 Å². The zero-order valence-electron chi connectivity index (χ0n) is 11.9. The summed E-state index contributed by atoms with van der Waals surface area (Å²) in [5.74, 6) is 1.21. The molecule has 104 valence electrons. The molecule has 0 spiro atoms. The normalized spacial score (nSPS) is 20.8. The van der Waals surface area contributed by atoms with Crippen LogP contribution in [0, 0.1) is 18.8 Å². The van der Waals surface area contributed by atoms with E-state index >= 15 is 0 Å². The predicted molar refractivity (Wildman–Crippen MR) is 79.2 cm³/mol. The van der Waals surface area contributed by atoms with Crippen LogP contribution in [0.3, 0.4) is 0 Å². The molecule has 2 atom stereocenters. The van der Waals surface area contributed by atoms with E-state index in [1.165, 1.54) is 18.4 Å². The third kappa shape index (κ3) is 4.35. The van der Waals surface area contributed by atoms with Gasteiger partial charge < -0.3 is 10.6 Å². The van der Waals surface area contributed by atoms with Crippen LogP contribution in [0.4, 0.5) is 5.69 Å². The number of anilines is 1. The zero-order chi connectivity index (χ0) is 13.7. The number of hydrogen-bond acceptors (Lipinski definition) is 2. The highest BCUT2D eigenvalue weighted by molar-refractivity contribution is 5.90. The molecule has 0 saturated carbocycles. The van der Waals surface area contributed by atoms with Gasteiger partial charge in [0, 0.05) is 12.1 Å². The minimum Gasteiger partial charge on any atom is -0.326 e. The summed E-state index contributed by atoms with van der Waals surface area (Å²) in [5, 5.41) is 6.39. The summed E-state index contributed by atoms with van der Waals surface area (Å²) in [6.45, 7) is 6.41. The number of rotatable bonds is 4. The molecular weight excluding hydrogens is 236 g/mol. The average molecular weight is 260 g/mol. The number of piperidine rings is 1. The van der Waals surface area contributed by atoms with Gasteiger partial charge in [-0.25, -0.2) is 0 Å². The van der Waals surface area contributed by atoms with Crippen LogP contribution in [0.15, 0.2) is 24.3 Å². The molecule has 1 heterocycles.